The smallest absolute Gasteiger partial charge is 0.343 e. The molecule has 7 heteroatoms. The van der Waals surface area contributed by atoms with Crippen LogP contribution in [0.3, 0.4) is 0 Å². The SMILES string of the molecule is CCCCCCOc1ccc(OC(=O)c2ccc(OCCCCCCCCCCCN3C(=O)C=CC3=O)cc2)cc1. The summed E-state index contributed by atoms with van der Waals surface area (Å²) in [7, 11) is 0. The van der Waals surface area contributed by atoms with Crippen molar-refractivity contribution in [3.05, 3.63) is 66.2 Å². The molecule has 0 bridgehead atoms. The van der Waals surface area contributed by atoms with E-state index in [1.54, 1.807) is 36.4 Å². The molecule has 0 aliphatic carbocycles. The number of nitrogens with zero attached hydrogens (tertiary/aromatic N) is 1. The Morgan fingerprint density at radius 3 is 1.56 bits per heavy atom. The third-order valence-electron chi connectivity index (χ3n) is 7.09. The Hall–Kier alpha value is -3.61. The van der Waals surface area contributed by atoms with E-state index in [1.807, 2.05) is 12.1 Å². The van der Waals surface area contributed by atoms with Crippen LogP contribution in [0.15, 0.2) is 60.7 Å². The molecular formula is C34H45NO6. The largest absolute Gasteiger partial charge is 0.494 e. The normalized spacial score (nSPS) is 12.7. The van der Waals surface area contributed by atoms with Gasteiger partial charge in [-0.1, -0.05) is 71.1 Å². The van der Waals surface area contributed by atoms with E-state index < -0.39 is 5.97 Å². The number of hydrogen-bond donors (Lipinski definition) is 0. The van der Waals surface area contributed by atoms with Gasteiger partial charge in [0.15, 0.2) is 0 Å². The van der Waals surface area contributed by atoms with Gasteiger partial charge in [0.1, 0.15) is 17.2 Å². The Labute approximate surface area is 244 Å². The lowest BCUT2D eigenvalue weighted by Crippen LogP contribution is -2.30. The van der Waals surface area contributed by atoms with Gasteiger partial charge in [0.25, 0.3) is 11.8 Å². The third-order valence-corrected chi connectivity index (χ3v) is 7.09. The van der Waals surface area contributed by atoms with Crippen LogP contribution in [0.25, 0.3) is 0 Å². The third kappa shape index (κ3) is 12.2. The second-order valence-corrected chi connectivity index (χ2v) is 10.5. The van der Waals surface area contributed by atoms with Crippen LogP contribution in [0.5, 0.6) is 17.2 Å². The molecule has 0 radical (unpaired) electrons. The molecule has 41 heavy (non-hydrogen) atoms. The molecule has 0 unspecified atom stereocenters. The average molecular weight is 564 g/mol. The van der Waals surface area contributed by atoms with Crippen molar-refractivity contribution in [2.45, 2.75) is 90.4 Å². The summed E-state index contributed by atoms with van der Waals surface area (Å²) in [6.45, 7) is 4.07. The molecule has 0 atom stereocenters. The van der Waals surface area contributed by atoms with Gasteiger partial charge >= 0.3 is 5.97 Å². The molecule has 7 nitrogen and oxygen atoms in total. The fraction of sp³-hybridized carbons (Fsp3) is 0.500. The number of esters is 1. The Bertz CT molecular complexity index is 1080. The monoisotopic (exact) mass is 563 g/mol. The molecule has 0 saturated carbocycles. The number of amides is 2. The van der Waals surface area contributed by atoms with Gasteiger partial charge in [-0.25, -0.2) is 4.79 Å². The second-order valence-electron chi connectivity index (χ2n) is 10.5. The number of carbonyl (C=O) groups excluding carboxylic acids is 3. The summed E-state index contributed by atoms with van der Waals surface area (Å²) >= 11 is 0. The number of rotatable bonds is 21. The average Bonchev–Trinajstić information content (AvgIpc) is 3.31. The quantitative estimate of drug-likeness (QED) is 0.0671. The molecule has 0 N–H and O–H groups in total. The van der Waals surface area contributed by atoms with Crippen molar-refractivity contribution in [2.75, 3.05) is 19.8 Å². The maximum atomic E-state index is 12.5. The number of unbranched alkanes of at least 4 members (excludes halogenated alkanes) is 11. The van der Waals surface area contributed by atoms with E-state index in [-0.39, 0.29) is 11.8 Å². The van der Waals surface area contributed by atoms with Gasteiger partial charge < -0.3 is 14.2 Å². The number of imide groups is 1. The Morgan fingerprint density at radius 1 is 0.585 bits per heavy atom. The minimum atomic E-state index is -0.404. The van der Waals surface area contributed by atoms with Crippen molar-refractivity contribution in [3.63, 3.8) is 0 Å². The highest BCUT2D eigenvalue weighted by atomic mass is 16.5. The van der Waals surface area contributed by atoms with Crippen molar-refractivity contribution in [2.24, 2.45) is 0 Å². The lowest BCUT2D eigenvalue weighted by Gasteiger charge is -2.13. The van der Waals surface area contributed by atoms with Gasteiger partial charge in [0.2, 0.25) is 0 Å². The van der Waals surface area contributed by atoms with Crippen LogP contribution in [-0.2, 0) is 9.59 Å². The highest BCUT2D eigenvalue weighted by Crippen LogP contribution is 2.20. The Kier molecular flexibility index (Phi) is 14.5. The summed E-state index contributed by atoms with van der Waals surface area (Å²) in [4.78, 5) is 36.8. The minimum Gasteiger partial charge on any atom is -0.494 e. The van der Waals surface area contributed by atoms with Crippen molar-refractivity contribution < 1.29 is 28.6 Å². The fourth-order valence-electron chi connectivity index (χ4n) is 4.63. The van der Waals surface area contributed by atoms with Gasteiger partial charge in [-0.2, -0.15) is 0 Å². The zero-order chi connectivity index (χ0) is 29.1. The summed E-state index contributed by atoms with van der Waals surface area (Å²) in [6, 6.07) is 14.2. The summed E-state index contributed by atoms with van der Waals surface area (Å²) in [5.41, 5.74) is 0.476. The first-order valence-corrected chi connectivity index (χ1v) is 15.3. The first-order chi connectivity index (χ1) is 20.1. The predicted molar refractivity (Wildman–Crippen MR) is 160 cm³/mol. The van der Waals surface area contributed by atoms with Crippen molar-refractivity contribution in [1.29, 1.82) is 0 Å². The summed E-state index contributed by atoms with van der Waals surface area (Å²) in [5, 5.41) is 0. The van der Waals surface area contributed by atoms with Crippen LogP contribution in [0.1, 0.15) is 101 Å². The molecule has 0 saturated heterocycles. The van der Waals surface area contributed by atoms with Crippen molar-refractivity contribution in [1.82, 2.24) is 4.90 Å². The molecule has 0 fully saturated rings. The van der Waals surface area contributed by atoms with Crippen molar-refractivity contribution in [3.8, 4) is 17.2 Å². The molecule has 0 aromatic heterocycles. The van der Waals surface area contributed by atoms with Gasteiger partial charge in [-0.05, 0) is 67.8 Å². The van der Waals surface area contributed by atoms with E-state index in [9.17, 15) is 14.4 Å². The Balaban J connectivity index is 1.18. The van der Waals surface area contributed by atoms with Crippen LogP contribution < -0.4 is 14.2 Å². The number of hydrogen-bond acceptors (Lipinski definition) is 6. The molecule has 1 aliphatic rings. The van der Waals surface area contributed by atoms with Crippen LogP contribution in [0, 0.1) is 0 Å². The van der Waals surface area contributed by atoms with Crippen LogP contribution in [-0.4, -0.2) is 42.4 Å². The van der Waals surface area contributed by atoms with Gasteiger partial charge in [0.05, 0.1) is 18.8 Å². The van der Waals surface area contributed by atoms with Crippen LogP contribution in [0.4, 0.5) is 0 Å². The van der Waals surface area contributed by atoms with Gasteiger partial charge in [-0.3, -0.25) is 14.5 Å². The Morgan fingerprint density at radius 2 is 1.02 bits per heavy atom. The number of ether oxygens (including phenoxy) is 3. The minimum absolute atomic E-state index is 0.187. The fourth-order valence-corrected chi connectivity index (χ4v) is 4.63. The van der Waals surface area contributed by atoms with E-state index in [2.05, 4.69) is 6.92 Å². The first kappa shape index (κ1) is 31.9. The zero-order valence-electron chi connectivity index (χ0n) is 24.5. The van der Waals surface area contributed by atoms with Crippen molar-refractivity contribution >= 4 is 17.8 Å². The summed E-state index contributed by atoms with van der Waals surface area (Å²) < 4.78 is 17.1. The maximum Gasteiger partial charge on any atom is 0.343 e. The molecule has 2 aromatic rings. The van der Waals surface area contributed by atoms with E-state index in [0.717, 1.165) is 50.0 Å². The summed E-state index contributed by atoms with van der Waals surface area (Å²) in [6.07, 6.45) is 17.3. The molecule has 2 amide bonds. The zero-order valence-corrected chi connectivity index (χ0v) is 24.5. The molecule has 1 aliphatic heterocycles. The molecule has 3 rings (SSSR count). The van der Waals surface area contributed by atoms with E-state index in [1.165, 1.54) is 62.0 Å². The standard InChI is InChI=1S/C34H45NO6/c1-2-3-4-13-26-40-30-19-21-31(22-20-30)41-34(38)28-15-17-29(18-16-28)39-27-14-11-9-7-5-6-8-10-12-25-35-32(36)23-24-33(35)37/h15-24H,2-14,25-27H2,1H3. The maximum absolute atomic E-state index is 12.5. The number of carbonyl (C=O) groups is 3. The molecule has 2 aromatic carbocycles. The molecule has 1 heterocycles. The molecule has 222 valence electrons. The predicted octanol–water partition coefficient (Wildman–Crippen LogP) is 7.68. The molecular weight excluding hydrogens is 518 g/mol. The lowest BCUT2D eigenvalue weighted by atomic mass is 10.1. The first-order valence-electron chi connectivity index (χ1n) is 15.3. The topological polar surface area (TPSA) is 82.1 Å². The molecule has 0 spiro atoms. The second kappa shape index (κ2) is 18.7. The van der Waals surface area contributed by atoms with Crippen LogP contribution >= 0.6 is 0 Å². The highest BCUT2D eigenvalue weighted by Gasteiger charge is 2.22. The van der Waals surface area contributed by atoms with E-state index >= 15 is 0 Å². The van der Waals surface area contributed by atoms with Gasteiger partial charge in [0, 0.05) is 18.7 Å². The number of benzene rings is 2. The highest BCUT2D eigenvalue weighted by molar-refractivity contribution is 6.12. The van der Waals surface area contributed by atoms with Gasteiger partial charge in [-0.15, -0.1) is 0 Å². The van der Waals surface area contributed by atoms with E-state index in [4.69, 9.17) is 14.2 Å². The lowest BCUT2D eigenvalue weighted by molar-refractivity contribution is -0.136. The van der Waals surface area contributed by atoms with E-state index in [0.29, 0.717) is 31.1 Å². The summed E-state index contributed by atoms with van der Waals surface area (Å²) in [5.74, 6) is 1.23. The van der Waals surface area contributed by atoms with Crippen LogP contribution in [0.2, 0.25) is 0 Å².